The van der Waals surface area contributed by atoms with Gasteiger partial charge in [-0.05, 0) is 36.4 Å². The Morgan fingerprint density at radius 1 is 1.03 bits per heavy atom. The summed E-state index contributed by atoms with van der Waals surface area (Å²) < 4.78 is 18.7. The zero-order valence-electron chi connectivity index (χ0n) is 18.7. The van der Waals surface area contributed by atoms with Crippen molar-refractivity contribution in [1.82, 2.24) is 20.5 Å². The van der Waals surface area contributed by atoms with Gasteiger partial charge < -0.3 is 20.0 Å². The van der Waals surface area contributed by atoms with Crippen LogP contribution in [-0.4, -0.2) is 62.2 Å². The Bertz CT molecular complexity index is 1000. The standard InChI is InChI=1S/C24H29FN6O.HI/c1-26-24(28-17-21-18-32-23(29-21)19-5-3-2-4-6-19)27-11-12-30-13-15-31(16-14-30)22-9-7-20(25)8-10-22;/h2-10,18H,11-17H2,1H3,(H2,26,27,28);1H. The molecular formula is C24H30FIN6O. The number of aliphatic imine (C=N–C) groups is 1. The number of hydrogen-bond acceptors (Lipinski definition) is 5. The van der Waals surface area contributed by atoms with Crippen molar-refractivity contribution < 1.29 is 8.81 Å². The van der Waals surface area contributed by atoms with Crippen LogP contribution in [0.4, 0.5) is 10.1 Å². The zero-order valence-corrected chi connectivity index (χ0v) is 21.0. The average Bonchev–Trinajstić information content (AvgIpc) is 3.32. The van der Waals surface area contributed by atoms with E-state index in [2.05, 4.69) is 30.4 Å². The number of rotatable bonds is 7. The number of hydrogen-bond donors (Lipinski definition) is 2. The molecule has 1 aliphatic heterocycles. The van der Waals surface area contributed by atoms with Crippen LogP contribution in [0.5, 0.6) is 0 Å². The van der Waals surface area contributed by atoms with E-state index in [-0.39, 0.29) is 29.8 Å². The molecule has 33 heavy (non-hydrogen) atoms. The smallest absolute Gasteiger partial charge is 0.226 e. The summed E-state index contributed by atoms with van der Waals surface area (Å²) in [4.78, 5) is 13.5. The van der Waals surface area contributed by atoms with Gasteiger partial charge in [-0.1, -0.05) is 18.2 Å². The maximum atomic E-state index is 13.1. The summed E-state index contributed by atoms with van der Waals surface area (Å²) in [7, 11) is 1.76. The quantitative estimate of drug-likeness (QED) is 0.260. The Kier molecular flexibility index (Phi) is 9.49. The highest BCUT2D eigenvalue weighted by Crippen LogP contribution is 2.18. The molecule has 0 spiro atoms. The van der Waals surface area contributed by atoms with Crippen molar-refractivity contribution in [3.63, 3.8) is 0 Å². The van der Waals surface area contributed by atoms with Gasteiger partial charge in [-0.3, -0.25) is 9.89 Å². The van der Waals surface area contributed by atoms with Gasteiger partial charge in [-0.2, -0.15) is 0 Å². The molecule has 2 N–H and O–H groups in total. The third-order valence-corrected chi connectivity index (χ3v) is 5.52. The van der Waals surface area contributed by atoms with Crippen molar-refractivity contribution >= 4 is 35.6 Å². The van der Waals surface area contributed by atoms with Crippen molar-refractivity contribution in [2.75, 3.05) is 51.2 Å². The molecule has 0 saturated carbocycles. The highest BCUT2D eigenvalue weighted by atomic mass is 127. The zero-order chi connectivity index (χ0) is 22.2. The van der Waals surface area contributed by atoms with Crippen LogP contribution in [0.3, 0.4) is 0 Å². The maximum Gasteiger partial charge on any atom is 0.226 e. The van der Waals surface area contributed by atoms with Gasteiger partial charge in [0.15, 0.2) is 5.96 Å². The topological polar surface area (TPSA) is 68.9 Å². The lowest BCUT2D eigenvalue weighted by molar-refractivity contribution is 0.261. The lowest BCUT2D eigenvalue weighted by Crippen LogP contribution is -2.49. The molecule has 0 amide bonds. The van der Waals surface area contributed by atoms with E-state index in [0.717, 1.165) is 62.2 Å². The molecule has 0 unspecified atom stereocenters. The third kappa shape index (κ3) is 7.16. The van der Waals surface area contributed by atoms with Gasteiger partial charge in [0.25, 0.3) is 0 Å². The van der Waals surface area contributed by atoms with E-state index in [1.54, 1.807) is 13.3 Å². The average molecular weight is 564 g/mol. The van der Waals surface area contributed by atoms with E-state index in [0.29, 0.717) is 12.4 Å². The molecule has 1 saturated heterocycles. The van der Waals surface area contributed by atoms with Crippen LogP contribution in [0.2, 0.25) is 0 Å². The third-order valence-electron chi connectivity index (χ3n) is 5.52. The van der Waals surface area contributed by atoms with Crippen molar-refractivity contribution in [2.24, 2.45) is 4.99 Å². The number of guanidine groups is 1. The van der Waals surface area contributed by atoms with Crippen molar-refractivity contribution in [3.8, 4) is 11.5 Å². The van der Waals surface area contributed by atoms with E-state index in [4.69, 9.17) is 4.42 Å². The molecule has 1 fully saturated rings. The largest absolute Gasteiger partial charge is 0.444 e. The molecule has 2 aromatic carbocycles. The molecule has 1 aliphatic rings. The van der Waals surface area contributed by atoms with Crippen molar-refractivity contribution in [2.45, 2.75) is 6.54 Å². The summed E-state index contributed by atoms with van der Waals surface area (Å²) in [6.07, 6.45) is 1.67. The second-order valence-electron chi connectivity index (χ2n) is 7.67. The Labute approximate surface area is 211 Å². The molecule has 7 nitrogen and oxygen atoms in total. The first-order valence-corrected chi connectivity index (χ1v) is 10.9. The number of anilines is 1. The monoisotopic (exact) mass is 564 g/mol. The number of aromatic nitrogens is 1. The van der Waals surface area contributed by atoms with E-state index in [1.807, 2.05) is 42.5 Å². The first kappa shape index (κ1) is 25.0. The number of oxazole rings is 1. The lowest BCUT2D eigenvalue weighted by Gasteiger charge is -2.36. The molecule has 9 heteroatoms. The number of benzene rings is 2. The van der Waals surface area contributed by atoms with Gasteiger partial charge in [-0.25, -0.2) is 9.37 Å². The molecule has 176 valence electrons. The fourth-order valence-electron chi connectivity index (χ4n) is 3.71. The first-order valence-electron chi connectivity index (χ1n) is 10.9. The van der Waals surface area contributed by atoms with Crippen LogP contribution in [0.15, 0.2) is 70.3 Å². The van der Waals surface area contributed by atoms with E-state index in [1.165, 1.54) is 12.1 Å². The Morgan fingerprint density at radius 3 is 2.45 bits per heavy atom. The second kappa shape index (κ2) is 12.5. The highest BCUT2D eigenvalue weighted by Gasteiger charge is 2.17. The van der Waals surface area contributed by atoms with Gasteiger partial charge in [-0.15, -0.1) is 24.0 Å². The molecule has 2 heterocycles. The SMILES string of the molecule is CN=C(NCCN1CCN(c2ccc(F)cc2)CC1)NCc1coc(-c2ccccc2)n1.I. The van der Waals surface area contributed by atoms with Gasteiger partial charge >= 0.3 is 0 Å². The van der Waals surface area contributed by atoms with Crippen LogP contribution in [0.1, 0.15) is 5.69 Å². The first-order chi connectivity index (χ1) is 15.7. The minimum atomic E-state index is -0.194. The van der Waals surface area contributed by atoms with E-state index >= 15 is 0 Å². The Balaban J connectivity index is 0.00000306. The Hall–Kier alpha value is -2.66. The minimum absolute atomic E-state index is 0. The number of nitrogens with one attached hydrogen (secondary N) is 2. The summed E-state index contributed by atoms with van der Waals surface area (Å²) in [6.45, 7) is 6.10. The molecular weight excluding hydrogens is 534 g/mol. The van der Waals surface area contributed by atoms with Crippen molar-refractivity contribution in [3.05, 3.63) is 72.4 Å². The fraction of sp³-hybridized carbons (Fsp3) is 0.333. The van der Waals surface area contributed by atoms with Gasteiger partial charge in [0, 0.05) is 57.6 Å². The Morgan fingerprint density at radius 2 is 1.76 bits per heavy atom. The normalized spacial score (nSPS) is 14.6. The molecule has 0 atom stereocenters. The number of halogens is 2. The number of nitrogens with zero attached hydrogens (tertiary/aromatic N) is 4. The van der Waals surface area contributed by atoms with Gasteiger partial charge in [0.05, 0.1) is 12.2 Å². The summed E-state index contributed by atoms with van der Waals surface area (Å²) in [5.74, 6) is 1.16. The molecule has 0 bridgehead atoms. The fourth-order valence-corrected chi connectivity index (χ4v) is 3.71. The molecule has 0 aliphatic carbocycles. The molecule has 3 aromatic rings. The predicted molar refractivity (Wildman–Crippen MR) is 141 cm³/mol. The summed E-state index contributed by atoms with van der Waals surface area (Å²) in [5, 5.41) is 6.64. The van der Waals surface area contributed by atoms with Gasteiger partial charge in [0.1, 0.15) is 12.1 Å². The number of piperazine rings is 1. The summed E-state index contributed by atoms with van der Waals surface area (Å²) in [5.41, 5.74) is 2.86. The van der Waals surface area contributed by atoms with Crippen LogP contribution in [-0.2, 0) is 6.54 Å². The maximum absolute atomic E-state index is 13.1. The van der Waals surface area contributed by atoms with E-state index < -0.39 is 0 Å². The van der Waals surface area contributed by atoms with Crippen LogP contribution < -0.4 is 15.5 Å². The molecule has 0 radical (unpaired) electrons. The summed E-state index contributed by atoms with van der Waals surface area (Å²) >= 11 is 0. The van der Waals surface area contributed by atoms with Crippen LogP contribution >= 0.6 is 24.0 Å². The van der Waals surface area contributed by atoms with E-state index in [9.17, 15) is 4.39 Å². The predicted octanol–water partition coefficient (Wildman–Crippen LogP) is 3.59. The van der Waals surface area contributed by atoms with Gasteiger partial charge in [0.2, 0.25) is 5.89 Å². The van der Waals surface area contributed by atoms with Crippen LogP contribution in [0, 0.1) is 5.82 Å². The van der Waals surface area contributed by atoms with Crippen LogP contribution in [0.25, 0.3) is 11.5 Å². The molecule has 1 aromatic heterocycles. The highest BCUT2D eigenvalue weighted by molar-refractivity contribution is 14.0. The second-order valence-corrected chi connectivity index (χ2v) is 7.67. The summed E-state index contributed by atoms with van der Waals surface area (Å²) in [6, 6.07) is 16.6. The molecule has 4 rings (SSSR count). The lowest BCUT2D eigenvalue weighted by atomic mass is 10.2. The minimum Gasteiger partial charge on any atom is -0.444 e. The van der Waals surface area contributed by atoms with Crippen molar-refractivity contribution in [1.29, 1.82) is 0 Å².